The maximum absolute atomic E-state index is 13.0. The van der Waals surface area contributed by atoms with Gasteiger partial charge in [0.1, 0.15) is 5.75 Å². The van der Waals surface area contributed by atoms with Crippen molar-refractivity contribution in [3.8, 4) is 5.75 Å². The van der Waals surface area contributed by atoms with Crippen LogP contribution in [0.4, 0.5) is 5.69 Å². The summed E-state index contributed by atoms with van der Waals surface area (Å²) < 4.78 is 6.30. The van der Waals surface area contributed by atoms with Gasteiger partial charge < -0.3 is 4.74 Å². The monoisotopic (exact) mass is 463 g/mol. The Hall–Kier alpha value is -1.74. The molecule has 2 amide bonds. The first kappa shape index (κ1) is 19.6. The number of imide groups is 1. The SMILES string of the molecule is COc1ccc(N2C(=O)CC(N3CCN(Cc4ccc(Br)s4)CC3)C2=O)cc1. The lowest BCUT2D eigenvalue weighted by atomic mass is 10.1. The molecule has 2 fully saturated rings. The zero-order chi connectivity index (χ0) is 19.7. The fourth-order valence-electron chi connectivity index (χ4n) is 3.79. The summed E-state index contributed by atoms with van der Waals surface area (Å²) >= 11 is 5.26. The van der Waals surface area contributed by atoms with Crippen molar-refractivity contribution in [3.05, 3.63) is 45.1 Å². The Morgan fingerprint density at radius 2 is 1.79 bits per heavy atom. The van der Waals surface area contributed by atoms with Crippen molar-refractivity contribution in [2.24, 2.45) is 0 Å². The Balaban J connectivity index is 1.37. The summed E-state index contributed by atoms with van der Waals surface area (Å²) in [5.74, 6) is 0.449. The topological polar surface area (TPSA) is 53.1 Å². The summed E-state index contributed by atoms with van der Waals surface area (Å²) in [5, 5.41) is 0. The van der Waals surface area contributed by atoms with Gasteiger partial charge in [0, 0.05) is 37.6 Å². The largest absolute Gasteiger partial charge is 0.497 e. The van der Waals surface area contributed by atoms with Crippen molar-refractivity contribution < 1.29 is 14.3 Å². The minimum atomic E-state index is -0.354. The second-order valence-corrected chi connectivity index (χ2v) is 9.55. The van der Waals surface area contributed by atoms with Gasteiger partial charge in [-0.15, -0.1) is 11.3 Å². The maximum Gasteiger partial charge on any atom is 0.251 e. The summed E-state index contributed by atoms with van der Waals surface area (Å²) in [6.07, 6.45) is 0.253. The van der Waals surface area contributed by atoms with E-state index in [0.29, 0.717) is 11.4 Å². The van der Waals surface area contributed by atoms with Gasteiger partial charge in [-0.25, -0.2) is 4.90 Å². The van der Waals surface area contributed by atoms with E-state index in [2.05, 4.69) is 37.9 Å². The number of halogens is 1. The molecule has 2 aromatic rings. The number of methoxy groups -OCH3 is 1. The standard InChI is InChI=1S/C20H22BrN3O3S/c1-27-15-4-2-14(3-5-15)24-19(25)12-17(20(24)26)23-10-8-22(9-11-23)13-16-6-7-18(21)28-16/h2-7,17H,8-13H2,1H3. The van der Waals surface area contributed by atoms with Crippen LogP contribution < -0.4 is 9.64 Å². The number of thiophene rings is 1. The Labute approximate surface area is 176 Å². The van der Waals surface area contributed by atoms with E-state index in [-0.39, 0.29) is 24.3 Å². The molecular weight excluding hydrogens is 442 g/mol. The fourth-order valence-corrected chi connectivity index (χ4v) is 5.32. The molecule has 2 aliphatic rings. The van der Waals surface area contributed by atoms with Gasteiger partial charge in [0.2, 0.25) is 5.91 Å². The number of piperazine rings is 1. The van der Waals surface area contributed by atoms with Crippen LogP contribution in [0.3, 0.4) is 0 Å². The van der Waals surface area contributed by atoms with Crippen LogP contribution in [0.25, 0.3) is 0 Å². The molecule has 0 bridgehead atoms. The molecule has 8 heteroatoms. The van der Waals surface area contributed by atoms with Crippen molar-refractivity contribution in [1.82, 2.24) is 9.80 Å². The van der Waals surface area contributed by atoms with Crippen LogP contribution in [0.5, 0.6) is 5.75 Å². The molecule has 0 saturated carbocycles. The summed E-state index contributed by atoms with van der Waals surface area (Å²) in [7, 11) is 1.59. The number of benzene rings is 1. The van der Waals surface area contributed by atoms with Crippen LogP contribution in [0.1, 0.15) is 11.3 Å². The predicted molar refractivity (Wildman–Crippen MR) is 113 cm³/mol. The Morgan fingerprint density at radius 3 is 2.39 bits per heavy atom. The van der Waals surface area contributed by atoms with E-state index in [1.54, 1.807) is 42.7 Å². The number of rotatable bonds is 5. The normalized spacial score (nSPS) is 21.5. The first-order valence-electron chi connectivity index (χ1n) is 9.26. The number of nitrogens with zero attached hydrogens (tertiary/aromatic N) is 3. The summed E-state index contributed by atoms with van der Waals surface area (Å²) in [6, 6.07) is 10.9. The van der Waals surface area contributed by atoms with Crippen LogP contribution in [0, 0.1) is 0 Å². The maximum atomic E-state index is 13.0. The van der Waals surface area contributed by atoms with Crippen molar-refractivity contribution >= 4 is 44.8 Å². The third-order valence-corrected chi connectivity index (χ3v) is 6.92. The van der Waals surface area contributed by atoms with Gasteiger partial charge in [-0.3, -0.25) is 19.4 Å². The minimum absolute atomic E-state index is 0.120. The van der Waals surface area contributed by atoms with Gasteiger partial charge in [0.25, 0.3) is 5.91 Å². The molecule has 2 saturated heterocycles. The summed E-state index contributed by atoms with van der Waals surface area (Å²) in [6.45, 7) is 4.32. The van der Waals surface area contributed by atoms with Crippen LogP contribution in [0.2, 0.25) is 0 Å². The van der Waals surface area contributed by atoms with E-state index < -0.39 is 0 Å². The summed E-state index contributed by atoms with van der Waals surface area (Å²) in [5.41, 5.74) is 0.611. The second-order valence-electron chi connectivity index (χ2n) is 7.00. The molecule has 0 spiro atoms. The molecule has 1 aromatic heterocycles. The molecule has 28 heavy (non-hydrogen) atoms. The molecule has 1 atom stereocenters. The zero-order valence-corrected chi connectivity index (χ0v) is 18.0. The van der Waals surface area contributed by atoms with Crippen molar-refractivity contribution in [2.75, 3.05) is 38.2 Å². The smallest absolute Gasteiger partial charge is 0.251 e. The lowest BCUT2D eigenvalue weighted by Gasteiger charge is -2.36. The quantitative estimate of drug-likeness (QED) is 0.637. The molecule has 3 heterocycles. The molecule has 1 unspecified atom stereocenters. The lowest BCUT2D eigenvalue weighted by Crippen LogP contribution is -2.52. The molecular formula is C20H22BrN3O3S. The number of hydrogen-bond acceptors (Lipinski definition) is 6. The zero-order valence-electron chi connectivity index (χ0n) is 15.6. The number of anilines is 1. The average molecular weight is 464 g/mol. The minimum Gasteiger partial charge on any atom is -0.497 e. The first-order valence-corrected chi connectivity index (χ1v) is 10.9. The van der Waals surface area contributed by atoms with E-state index in [1.807, 2.05) is 0 Å². The van der Waals surface area contributed by atoms with E-state index >= 15 is 0 Å². The lowest BCUT2D eigenvalue weighted by molar-refractivity contribution is -0.123. The third-order valence-electron chi connectivity index (χ3n) is 5.31. The Kier molecular flexibility index (Phi) is 5.82. The molecule has 1 aromatic carbocycles. The molecule has 0 N–H and O–H groups in total. The summed E-state index contributed by atoms with van der Waals surface area (Å²) in [4.78, 5) is 32.7. The third kappa shape index (κ3) is 4.00. The van der Waals surface area contributed by atoms with Gasteiger partial charge >= 0.3 is 0 Å². The molecule has 0 radical (unpaired) electrons. The van der Waals surface area contributed by atoms with Crippen LogP contribution >= 0.6 is 27.3 Å². The number of carbonyl (C=O) groups is 2. The Morgan fingerprint density at radius 1 is 1.07 bits per heavy atom. The van der Waals surface area contributed by atoms with Crippen molar-refractivity contribution in [1.29, 1.82) is 0 Å². The first-order chi connectivity index (χ1) is 13.5. The average Bonchev–Trinajstić information content (AvgIpc) is 3.25. The molecule has 148 valence electrons. The Bertz CT molecular complexity index is 862. The second kappa shape index (κ2) is 8.32. The van der Waals surface area contributed by atoms with Gasteiger partial charge in [0.05, 0.1) is 29.0 Å². The van der Waals surface area contributed by atoms with Gasteiger partial charge in [0.15, 0.2) is 0 Å². The van der Waals surface area contributed by atoms with Gasteiger partial charge in [-0.1, -0.05) is 0 Å². The molecule has 0 aliphatic carbocycles. The molecule has 2 aliphatic heterocycles. The highest BCUT2D eigenvalue weighted by Gasteiger charge is 2.43. The number of amides is 2. The molecule has 6 nitrogen and oxygen atoms in total. The van der Waals surface area contributed by atoms with E-state index in [4.69, 9.17) is 4.74 Å². The highest BCUT2D eigenvalue weighted by atomic mass is 79.9. The number of carbonyl (C=O) groups excluding carboxylic acids is 2. The highest BCUT2D eigenvalue weighted by Crippen LogP contribution is 2.28. The van der Waals surface area contributed by atoms with Gasteiger partial charge in [-0.2, -0.15) is 0 Å². The van der Waals surface area contributed by atoms with E-state index in [0.717, 1.165) is 36.5 Å². The fraction of sp³-hybridized carbons (Fsp3) is 0.400. The van der Waals surface area contributed by atoms with Crippen molar-refractivity contribution in [2.45, 2.75) is 19.0 Å². The van der Waals surface area contributed by atoms with Crippen LogP contribution in [0.15, 0.2) is 40.2 Å². The van der Waals surface area contributed by atoms with Crippen LogP contribution in [-0.4, -0.2) is 60.9 Å². The van der Waals surface area contributed by atoms with E-state index in [1.165, 1.54) is 9.78 Å². The van der Waals surface area contributed by atoms with Crippen molar-refractivity contribution in [3.63, 3.8) is 0 Å². The van der Waals surface area contributed by atoms with Crippen LogP contribution in [-0.2, 0) is 16.1 Å². The molecule has 4 rings (SSSR count). The highest BCUT2D eigenvalue weighted by molar-refractivity contribution is 9.11. The van der Waals surface area contributed by atoms with Gasteiger partial charge in [-0.05, 0) is 52.3 Å². The number of hydrogen-bond donors (Lipinski definition) is 0. The van der Waals surface area contributed by atoms with E-state index in [9.17, 15) is 9.59 Å². The predicted octanol–water partition coefficient (Wildman–Crippen LogP) is 2.97. The number of ether oxygens (including phenoxy) is 1.